The summed E-state index contributed by atoms with van der Waals surface area (Å²) < 4.78 is 6.79. The molecule has 1 N–H and O–H groups in total. The third-order valence-corrected chi connectivity index (χ3v) is 4.73. The molecule has 0 saturated carbocycles. The molecule has 0 unspecified atom stereocenters. The van der Waals surface area contributed by atoms with E-state index in [0.717, 1.165) is 16.2 Å². The second-order valence-electron chi connectivity index (χ2n) is 5.88. The van der Waals surface area contributed by atoms with Crippen molar-refractivity contribution >= 4 is 23.3 Å². The van der Waals surface area contributed by atoms with E-state index in [9.17, 15) is 9.59 Å². The summed E-state index contributed by atoms with van der Waals surface area (Å²) >= 11 is 1.56. The van der Waals surface area contributed by atoms with E-state index >= 15 is 0 Å². The van der Waals surface area contributed by atoms with Crippen LogP contribution in [0.15, 0.2) is 64.8 Å². The zero-order valence-electron chi connectivity index (χ0n) is 15.5. The summed E-state index contributed by atoms with van der Waals surface area (Å²) in [5, 5.41) is 9.11. The molecule has 28 heavy (non-hydrogen) atoms. The number of carbonyl (C=O) groups is 1. The second-order valence-corrected chi connectivity index (χ2v) is 6.86. The molecule has 2 aromatic heterocycles. The Bertz CT molecular complexity index is 992. The minimum atomic E-state index is -0.210. The minimum Gasteiger partial charge on any atom is -0.494 e. The van der Waals surface area contributed by atoms with Crippen molar-refractivity contribution in [2.24, 2.45) is 0 Å². The summed E-state index contributed by atoms with van der Waals surface area (Å²) in [5.41, 5.74) is 1.37. The first-order chi connectivity index (χ1) is 13.7. The molecule has 0 bridgehead atoms. The van der Waals surface area contributed by atoms with Crippen LogP contribution in [0.5, 0.6) is 5.75 Å². The van der Waals surface area contributed by atoms with Gasteiger partial charge in [0.05, 0.1) is 18.8 Å². The number of nitrogens with zero attached hydrogens (tertiary/aromatic N) is 2. The van der Waals surface area contributed by atoms with Gasteiger partial charge in [0.1, 0.15) is 5.75 Å². The number of ether oxygens (including phenoxy) is 1. The summed E-state index contributed by atoms with van der Waals surface area (Å²) in [6, 6.07) is 14.6. The molecule has 0 aliphatic rings. The standard InChI is InChI=1S/C21H21N3O3S/c1-2-27-17-7-5-16(6-8-17)19-10-12-21(26)24(23-19)14-13-22-20(25)11-9-18-4-3-15-28-18/h3-12,15H,2,13-14H2,1H3,(H,22,25)/b11-9+. The smallest absolute Gasteiger partial charge is 0.266 e. The number of carbonyl (C=O) groups excluding carboxylic acids is 1. The van der Waals surface area contributed by atoms with Gasteiger partial charge >= 0.3 is 0 Å². The molecule has 7 heteroatoms. The predicted molar refractivity (Wildman–Crippen MR) is 111 cm³/mol. The van der Waals surface area contributed by atoms with Crippen molar-refractivity contribution in [2.75, 3.05) is 13.2 Å². The fourth-order valence-corrected chi connectivity index (χ4v) is 3.16. The van der Waals surface area contributed by atoms with Crippen LogP contribution in [-0.2, 0) is 11.3 Å². The maximum Gasteiger partial charge on any atom is 0.266 e. The Morgan fingerprint density at radius 3 is 2.75 bits per heavy atom. The van der Waals surface area contributed by atoms with Crippen LogP contribution in [0.1, 0.15) is 11.8 Å². The third kappa shape index (κ3) is 5.40. The van der Waals surface area contributed by atoms with E-state index in [1.807, 2.05) is 48.7 Å². The first-order valence-electron chi connectivity index (χ1n) is 8.96. The minimum absolute atomic E-state index is 0.205. The Balaban J connectivity index is 1.60. The molecule has 144 valence electrons. The van der Waals surface area contributed by atoms with Crippen LogP contribution >= 0.6 is 11.3 Å². The number of hydrogen-bond donors (Lipinski definition) is 1. The largest absolute Gasteiger partial charge is 0.494 e. The molecule has 0 saturated heterocycles. The van der Waals surface area contributed by atoms with Gasteiger partial charge in [-0.3, -0.25) is 9.59 Å². The van der Waals surface area contributed by atoms with Gasteiger partial charge in [-0.05, 0) is 54.8 Å². The SMILES string of the molecule is CCOc1ccc(-c2ccc(=O)n(CCNC(=O)/C=C/c3cccs3)n2)cc1. The summed E-state index contributed by atoms with van der Waals surface area (Å²) in [5.74, 6) is 0.585. The lowest BCUT2D eigenvalue weighted by Gasteiger charge is -2.08. The molecule has 0 radical (unpaired) electrons. The van der Waals surface area contributed by atoms with Crippen molar-refractivity contribution in [3.8, 4) is 17.0 Å². The van der Waals surface area contributed by atoms with Crippen molar-refractivity contribution in [1.82, 2.24) is 15.1 Å². The highest BCUT2D eigenvalue weighted by molar-refractivity contribution is 7.10. The molecule has 0 spiro atoms. The number of aromatic nitrogens is 2. The number of hydrogen-bond acceptors (Lipinski definition) is 5. The molecule has 0 fully saturated rings. The molecule has 0 aliphatic carbocycles. The van der Waals surface area contributed by atoms with Crippen LogP contribution in [0.4, 0.5) is 0 Å². The lowest BCUT2D eigenvalue weighted by atomic mass is 10.1. The molecule has 6 nitrogen and oxygen atoms in total. The summed E-state index contributed by atoms with van der Waals surface area (Å²) in [4.78, 5) is 24.9. The number of nitrogens with one attached hydrogen (secondary N) is 1. The summed E-state index contributed by atoms with van der Waals surface area (Å²) in [6.07, 6.45) is 3.25. The molecular weight excluding hydrogens is 374 g/mol. The van der Waals surface area contributed by atoms with Gasteiger partial charge in [-0.1, -0.05) is 6.07 Å². The fourth-order valence-electron chi connectivity index (χ4n) is 2.54. The zero-order valence-corrected chi connectivity index (χ0v) is 16.3. The zero-order chi connectivity index (χ0) is 19.8. The average Bonchev–Trinajstić information content (AvgIpc) is 3.22. The molecule has 1 aromatic carbocycles. The average molecular weight is 395 g/mol. The third-order valence-electron chi connectivity index (χ3n) is 3.89. The predicted octanol–water partition coefficient (Wildman–Crippen LogP) is 3.20. The van der Waals surface area contributed by atoms with E-state index in [1.54, 1.807) is 23.5 Å². The number of rotatable bonds is 8. The van der Waals surface area contributed by atoms with Crippen LogP contribution < -0.4 is 15.6 Å². The highest BCUT2D eigenvalue weighted by Gasteiger charge is 2.05. The van der Waals surface area contributed by atoms with Gasteiger partial charge in [0.2, 0.25) is 5.91 Å². The molecular formula is C21H21N3O3S. The number of amides is 1. The molecule has 0 aliphatic heterocycles. The molecule has 2 heterocycles. The van der Waals surface area contributed by atoms with Gasteiger partial charge in [-0.2, -0.15) is 5.10 Å². The van der Waals surface area contributed by atoms with Crippen LogP contribution in [-0.4, -0.2) is 28.8 Å². The van der Waals surface area contributed by atoms with Gasteiger partial charge in [-0.15, -0.1) is 11.3 Å². The van der Waals surface area contributed by atoms with Crippen molar-refractivity contribution in [3.63, 3.8) is 0 Å². The summed E-state index contributed by atoms with van der Waals surface area (Å²) in [6.45, 7) is 3.15. The first-order valence-corrected chi connectivity index (χ1v) is 9.84. The number of thiophene rings is 1. The molecule has 3 aromatic rings. The van der Waals surface area contributed by atoms with Crippen LogP contribution in [0.2, 0.25) is 0 Å². The lowest BCUT2D eigenvalue weighted by molar-refractivity contribution is -0.116. The maximum atomic E-state index is 12.1. The highest BCUT2D eigenvalue weighted by Crippen LogP contribution is 2.19. The Kier molecular flexibility index (Phi) is 6.75. The maximum absolute atomic E-state index is 12.1. The van der Waals surface area contributed by atoms with E-state index < -0.39 is 0 Å². The van der Waals surface area contributed by atoms with Crippen LogP contribution in [0.3, 0.4) is 0 Å². The monoisotopic (exact) mass is 395 g/mol. The van der Waals surface area contributed by atoms with E-state index in [-0.39, 0.29) is 11.5 Å². The number of benzene rings is 1. The van der Waals surface area contributed by atoms with Gasteiger partial charge < -0.3 is 10.1 Å². The van der Waals surface area contributed by atoms with Gasteiger partial charge in [0.25, 0.3) is 5.56 Å². The second kappa shape index (κ2) is 9.66. The van der Waals surface area contributed by atoms with Crippen LogP contribution in [0, 0.1) is 0 Å². The van der Waals surface area contributed by atoms with E-state index in [1.165, 1.54) is 16.8 Å². The van der Waals surface area contributed by atoms with Gasteiger partial charge in [-0.25, -0.2) is 4.68 Å². The highest BCUT2D eigenvalue weighted by atomic mass is 32.1. The quantitative estimate of drug-likeness (QED) is 0.595. The van der Waals surface area contributed by atoms with Crippen molar-refractivity contribution < 1.29 is 9.53 Å². The van der Waals surface area contributed by atoms with Crippen LogP contribution in [0.25, 0.3) is 17.3 Å². The molecule has 0 atom stereocenters. The topological polar surface area (TPSA) is 73.2 Å². The fraction of sp³-hybridized carbons (Fsp3) is 0.190. The van der Waals surface area contributed by atoms with Crippen molar-refractivity contribution in [2.45, 2.75) is 13.5 Å². The Labute approximate surface area is 167 Å². The van der Waals surface area contributed by atoms with Gasteiger partial charge in [0, 0.05) is 29.1 Å². The summed E-state index contributed by atoms with van der Waals surface area (Å²) in [7, 11) is 0. The van der Waals surface area contributed by atoms with Gasteiger partial charge in [0.15, 0.2) is 0 Å². The Hall–Kier alpha value is -3.19. The normalized spacial score (nSPS) is 10.9. The Morgan fingerprint density at radius 2 is 2.04 bits per heavy atom. The van der Waals surface area contributed by atoms with Crippen molar-refractivity contribution in [1.29, 1.82) is 0 Å². The Morgan fingerprint density at radius 1 is 1.21 bits per heavy atom. The first kappa shape index (κ1) is 19.6. The lowest BCUT2D eigenvalue weighted by Crippen LogP contribution is -2.31. The van der Waals surface area contributed by atoms with E-state index in [4.69, 9.17) is 4.74 Å². The molecule has 1 amide bonds. The van der Waals surface area contributed by atoms with Crippen molar-refractivity contribution in [3.05, 3.63) is 75.2 Å². The van der Waals surface area contributed by atoms with E-state index in [2.05, 4.69) is 10.4 Å². The van der Waals surface area contributed by atoms with E-state index in [0.29, 0.717) is 25.4 Å². The molecule has 3 rings (SSSR count).